The standard InChI is InChI=1S/C25H27NO3.CHN.CH3.Cs/c1-17-8-4-5-9-20(17)22-16-24(27)29-23-15-19(10-11-21(22)23)14-18(2)25(28)26-12-6-3-7-13-26;1-2;;/h4-5,8-11,15-16,18H,3,6-7,12-14H2,1-2H3;1H;1H3;/q;;-1;+1. The molecule has 6 heteroatoms. The fourth-order valence-corrected chi connectivity index (χ4v) is 4.30. The summed E-state index contributed by atoms with van der Waals surface area (Å²) in [6, 6.07) is 15.6. The molecule has 1 aromatic heterocycles. The van der Waals surface area contributed by atoms with E-state index in [1.54, 1.807) is 6.07 Å². The smallest absolute Gasteiger partial charge is 0.423 e. The zero-order valence-corrected chi connectivity index (χ0v) is 26.4. The summed E-state index contributed by atoms with van der Waals surface area (Å²) in [6.45, 7) is 9.27. The Labute approximate surface area is 255 Å². The van der Waals surface area contributed by atoms with E-state index in [1.165, 1.54) is 6.42 Å². The molecule has 0 bridgehead atoms. The SMILES string of the molecule is C#N.Cc1ccccc1-c1cc(=O)oc2cc(CC(C)C(=O)N3CCCCC3)ccc12.[CH3-].[Cs+]. The molecule has 33 heavy (non-hydrogen) atoms. The van der Waals surface area contributed by atoms with Gasteiger partial charge in [-0.1, -0.05) is 43.3 Å². The zero-order chi connectivity index (χ0) is 22.4. The molecule has 0 N–H and O–H groups in total. The molecule has 1 amide bonds. The van der Waals surface area contributed by atoms with Crippen molar-refractivity contribution in [2.45, 2.75) is 39.5 Å². The number of piperidine rings is 1. The van der Waals surface area contributed by atoms with Crippen LogP contribution in [-0.2, 0) is 11.2 Å². The molecule has 2 heterocycles. The molecule has 0 saturated carbocycles. The van der Waals surface area contributed by atoms with Gasteiger partial charge >= 0.3 is 74.5 Å². The van der Waals surface area contributed by atoms with Crippen LogP contribution in [0.3, 0.4) is 0 Å². The van der Waals surface area contributed by atoms with E-state index in [0.29, 0.717) is 12.0 Å². The third-order valence-electron chi connectivity index (χ3n) is 5.88. The third-order valence-corrected chi connectivity index (χ3v) is 5.88. The minimum atomic E-state index is -0.356. The average molecular weight is 564 g/mol. The number of fused-ring (bicyclic) bond motifs is 1. The zero-order valence-electron chi connectivity index (χ0n) is 20.1. The summed E-state index contributed by atoms with van der Waals surface area (Å²) in [5.74, 6) is 0.136. The monoisotopic (exact) mass is 564 g/mol. The number of likely N-dealkylation sites (tertiary alicyclic amines) is 1. The second kappa shape index (κ2) is 14.2. The number of benzene rings is 2. The van der Waals surface area contributed by atoms with E-state index < -0.39 is 0 Å². The van der Waals surface area contributed by atoms with E-state index in [1.807, 2.05) is 61.2 Å². The van der Waals surface area contributed by atoms with Crippen molar-refractivity contribution in [2.75, 3.05) is 13.1 Å². The Morgan fingerprint density at radius 1 is 1.06 bits per heavy atom. The molecule has 2 aromatic carbocycles. The van der Waals surface area contributed by atoms with Gasteiger partial charge < -0.3 is 16.7 Å². The number of carbonyl (C=O) groups is 1. The Balaban J connectivity index is 0.00000133. The van der Waals surface area contributed by atoms with Gasteiger partial charge in [0.1, 0.15) is 5.58 Å². The van der Waals surface area contributed by atoms with Gasteiger partial charge in [-0.25, -0.2) is 10.1 Å². The summed E-state index contributed by atoms with van der Waals surface area (Å²) in [5, 5.41) is 7.41. The van der Waals surface area contributed by atoms with E-state index in [-0.39, 0.29) is 93.8 Å². The van der Waals surface area contributed by atoms with Crippen molar-refractivity contribution in [3.63, 3.8) is 0 Å². The van der Waals surface area contributed by atoms with Gasteiger partial charge in [0, 0.05) is 42.6 Å². The van der Waals surface area contributed by atoms with Crippen molar-refractivity contribution >= 4 is 16.9 Å². The fraction of sp³-hybridized carbons (Fsp3) is 0.333. The summed E-state index contributed by atoms with van der Waals surface area (Å²) in [4.78, 5) is 27.0. The average Bonchev–Trinajstić information content (AvgIpc) is 2.80. The number of nitriles is 1. The maximum atomic E-state index is 12.7. The van der Waals surface area contributed by atoms with Crippen molar-refractivity contribution in [3.05, 3.63) is 77.5 Å². The van der Waals surface area contributed by atoms with Crippen molar-refractivity contribution in [1.82, 2.24) is 4.90 Å². The maximum Gasteiger partial charge on any atom is 1.00 e. The molecule has 1 atom stereocenters. The fourth-order valence-electron chi connectivity index (χ4n) is 4.30. The van der Waals surface area contributed by atoms with E-state index in [0.717, 1.165) is 53.6 Å². The number of rotatable bonds is 4. The van der Waals surface area contributed by atoms with Crippen molar-refractivity contribution in [1.29, 1.82) is 5.26 Å². The molecule has 0 radical (unpaired) electrons. The first kappa shape index (κ1) is 29.7. The molecule has 3 aromatic rings. The molecule has 168 valence electrons. The molecule has 1 aliphatic rings. The van der Waals surface area contributed by atoms with Crippen LogP contribution in [-0.4, -0.2) is 23.9 Å². The van der Waals surface area contributed by atoms with Crippen LogP contribution in [0.2, 0.25) is 0 Å². The third kappa shape index (κ3) is 7.32. The number of hydrogen-bond donors (Lipinski definition) is 0. The molecule has 0 spiro atoms. The Bertz CT molecular complexity index is 1150. The van der Waals surface area contributed by atoms with Gasteiger partial charge in [-0.05, 0) is 55.4 Å². The molecule has 5 nitrogen and oxygen atoms in total. The minimum absolute atomic E-state index is 0. The van der Waals surface area contributed by atoms with Crippen LogP contribution in [0.1, 0.15) is 37.3 Å². The van der Waals surface area contributed by atoms with Crippen molar-refractivity contribution in [2.24, 2.45) is 5.92 Å². The number of carbonyl (C=O) groups excluding carboxylic acids is 1. The van der Waals surface area contributed by atoms with Gasteiger partial charge in [-0.3, -0.25) is 4.79 Å². The number of hydrogen-bond acceptors (Lipinski definition) is 4. The van der Waals surface area contributed by atoms with E-state index in [2.05, 4.69) is 6.57 Å². The summed E-state index contributed by atoms with van der Waals surface area (Å²) in [5.41, 5.74) is 4.27. The summed E-state index contributed by atoms with van der Waals surface area (Å²) in [7, 11) is 0. The van der Waals surface area contributed by atoms with E-state index in [4.69, 9.17) is 9.68 Å². The first-order valence-electron chi connectivity index (χ1n) is 10.7. The van der Waals surface area contributed by atoms with Crippen LogP contribution in [0.4, 0.5) is 0 Å². The second-order valence-electron chi connectivity index (χ2n) is 8.12. The van der Waals surface area contributed by atoms with Crippen molar-refractivity contribution in [3.8, 4) is 17.7 Å². The predicted molar refractivity (Wildman–Crippen MR) is 129 cm³/mol. The topological polar surface area (TPSA) is 74.3 Å². The normalized spacial score (nSPS) is 13.6. The van der Waals surface area contributed by atoms with Gasteiger partial charge in [0.15, 0.2) is 0 Å². The van der Waals surface area contributed by atoms with Gasteiger partial charge in [0.05, 0.1) is 0 Å². The van der Waals surface area contributed by atoms with Crippen LogP contribution in [0.15, 0.2) is 57.7 Å². The number of amides is 1. The van der Waals surface area contributed by atoms with Crippen LogP contribution in [0.5, 0.6) is 0 Å². The number of aryl methyl sites for hydroxylation is 1. The van der Waals surface area contributed by atoms with Gasteiger partial charge in [-0.2, -0.15) is 0 Å². The van der Waals surface area contributed by atoms with Gasteiger partial charge in [0.2, 0.25) is 5.91 Å². The summed E-state index contributed by atoms with van der Waals surface area (Å²) >= 11 is 0. The molecule has 1 fully saturated rings. The number of nitrogens with zero attached hydrogens (tertiary/aromatic N) is 2. The second-order valence-corrected chi connectivity index (χ2v) is 8.12. The molecule has 0 aliphatic carbocycles. The Morgan fingerprint density at radius 2 is 1.73 bits per heavy atom. The molecule has 1 aliphatic heterocycles. The molecule has 4 rings (SSSR count). The van der Waals surface area contributed by atoms with Crippen molar-refractivity contribution < 1.29 is 78.1 Å². The Kier molecular flexibility index (Phi) is 12.7. The van der Waals surface area contributed by atoms with Gasteiger partial charge in [0.25, 0.3) is 0 Å². The van der Waals surface area contributed by atoms with Crippen LogP contribution in [0, 0.1) is 32.1 Å². The summed E-state index contributed by atoms with van der Waals surface area (Å²) < 4.78 is 5.51. The molecular formula is C27H31CsN2O3. The molecular weight excluding hydrogens is 533 g/mol. The minimum Gasteiger partial charge on any atom is -0.423 e. The quantitative estimate of drug-likeness (QED) is 0.361. The van der Waals surface area contributed by atoms with Crippen LogP contribution >= 0.6 is 0 Å². The Hall–Kier alpha value is -1.34. The van der Waals surface area contributed by atoms with E-state index >= 15 is 0 Å². The van der Waals surface area contributed by atoms with E-state index in [9.17, 15) is 9.59 Å². The first-order chi connectivity index (χ1) is 15.0. The summed E-state index contributed by atoms with van der Waals surface area (Å²) in [6.07, 6.45) is 4.05. The first-order valence-corrected chi connectivity index (χ1v) is 10.7. The van der Waals surface area contributed by atoms with Crippen LogP contribution in [0.25, 0.3) is 22.1 Å². The largest absolute Gasteiger partial charge is 1.00 e. The van der Waals surface area contributed by atoms with Crippen LogP contribution < -0.4 is 74.5 Å². The maximum absolute atomic E-state index is 12.7. The Morgan fingerprint density at radius 3 is 2.39 bits per heavy atom. The molecule has 1 saturated heterocycles. The molecule has 1 unspecified atom stereocenters. The van der Waals surface area contributed by atoms with Gasteiger partial charge in [-0.15, -0.1) is 0 Å². The predicted octanol–water partition coefficient (Wildman–Crippen LogP) is 2.55.